The number of alkyl halides is 1. The summed E-state index contributed by atoms with van der Waals surface area (Å²) in [6.45, 7) is 1.01. The fourth-order valence-corrected chi connectivity index (χ4v) is 2.00. The number of hydrogen-bond acceptors (Lipinski definition) is 2. The SMILES string of the molecule is O=C(O)CCC/C=C\C[C@@H]1NCC[C@H]1Cl. The van der Waals surface area contributed by atoms with Crippen LogP contribution in [0.3, 0.4) is 0 Å². The van der Waals surface area contributed by atoms with Gasteiger partial charge in [0.1, 0.15) is 0 Å². The topological polar surface area (TPSA) is 49.3 Å². The molecule has 3 nitrogen and oxygen atoms in total. The normalized spacial score (nSPS) is 26.2. The molecule has 4 heteroatoms. The van der Waals surface area contributed by atoms with E-state index in [1.807, 2.05) is 6.08 Å². The monoisotopic (exact) mass is 231 g/mol. The van der Waals surface area contributed by atoms with Gasteiger partial charge in [0, 0.05) is 12.5 Å². The lowest BCUT2D eigenvalue weighted by Gasteiger charge is -2.10. The Bertz CT molecular complexity index is 231. The lowest BCUT2D eigenvalue weighted by Crippen LogP contribution is -2.26. The number of aliphatic carboxylic acids is 1. The molecule has 1 saturated heterocycles. The number of hydrogen-bond donors (Lipinski definition) is 2. The van der Waals surface area contributed by atoms with E-state index in [9.17, 15) is 4.79 Å². The summed E-state index contributed by atoms with van der Waals surface area (Å²) < 4.78 is 0. The van der Waals surface area contributed by atoms with Gasteiger partial charge in [0.25, 0.3) is 0 Å². The Morgan fingerprint density at radius 1 is 1.53 bits per heavy atom. The highest BCUT2D eigenvalue weighted by Crippen LogP contribution is 2.16. The van der Waals surface area contributed by atoms with Crippen molar-refractivity contribution < 1.29 is 9.90 Å². The van der Waals surface area contributed by atoms with Crippen molar-refractivity contribution in [2.24, 2.45) is 0 Å². The van der Waals surface area contributed by atoms with Crippen molar-refractivity contribution in [3.63, 3.8) is 0 Å². The first-order valence-electron chi connectivity index (χ1n) is 5.44. The maximum absolute atomic E-state index is 10.2. The van der Waals surface area contributed by atoms with Gasteiger partial charge in [-0.2, -0.15) is 0 Å². The Hall–Kier alpha value is -0.540. The van der Waals surface area contributed by atoms with Crippen LogP contribution in [0.25, 0.3) is 0 Å². The maximum Gasteiger partial charge on any atom is 0.303 e. The molecule has 15 heavy (non-hydrogen) atoms. The molecule has 0 aromatic carbocycles. The van der Waals surface area contributed by atoms with Crippen LogP contribution >= 0.6 is 11.6 Å². The Morgan fingerprint density at radius 2 is 2.33 bits per heavy atom. The van der Waals surface area contributed by atoms with Gasteiger partial charge >= 0.3 is 5.97 Å². The zero-order valence-electron chi connectivity index (χ0n) is 8.79. The Balaban J connectivity index is 2.03. The Morgan fingerprint density at radius 3 is 2.93 bits per heavy atom. The average Bonchev–Trinajstić information content (AvgIpc) is 2.57. The van der Waals surface area contributed by atoms with Gasteiger partial charge in [0.2, 0.25) is 0 Å². The van der Waals surface area contributed by atoms with Crippen LogP contribution in [-0.4, -0.2) is 29.0 Å². The van der Waals surface area contributed by atoms with Gasteiger partial charge in [-0.05, 0) is 32.2 Å². The Labute approximate surface area is 95.5 Å². The summed E-state index contributed by atoms with van der Waals surface area (Å²) in [5.41, 5.74) is 0. The second-order valence-electron chi connectivity index (χ2n) is 3.86. The van der Waals surface area contributed by atoms with Crippen molar-refractivity contribution in [2.45, 2.75) is 43.5 Å². The van der Waals surface area contributed by atoms with Crippen LogP contribution in [0.5, 0.6) is 0 Å². The fraction of sp³-hybridized carbons (Fsp3) is 0.727. The Kier molecular flexibility index (Phi) is 5.73. The highest BCUT2D eigenvalue weighted by Gasteiger charge is 2.22. The average molecular weight is 232 g/mol. The third kappa shape index (κ3) is 5.19. The molecule has 1 rings (SSSR count). The molecule has 1 aliphatic rings. The molecule has 0 saturated carbocycles. The minimum absolute atomic E-state index is 0.244. The van der Waals surface area contributed by atoms with Crippen molar-refractivity contribution in [2.75, 3.05) is 6.54 Å². The van der Waals surface area contributed by atoms with E-state index < -0.39 is 5.97 Å². The van der Waals surface area contributed by atoms with Crippen LogP contribution in [0.4, 0.5) is 0 Å². The number of nitrogens with one attached hydrogen (secondary N) is 1. The molecular weight excluding hydrogens is 214 g/mol. The van der Waals surface area contributed by atoms with Crippen molar-refractivity contribution in [1.29, 1.82) is 0 Å². The number of carbonyl (C=O) groups is 1. The van der Waals surface area contributed by atoms with Crippen LogP contribution in [0.15, 0.2) is 12.2 Å². The van der Waals surface area contributed by atoms with E-state index in [2.05, 4.69) is 11.4 Å². The van der Waals surface area contributed by atoms with Crippen LogP contribution in [0, 0.1) is 0 Å². The zero-order chi connectivity index (χ0) is 11.1. The first-order valence-corrected chi connectivity index (χ1v) is 5.88. The summed E-state index contributed by atoms with van der Waals surface area (Å²) in [5.74, 6) is -0.721. The maximum atomic E-state index is 10.2. The molecule has 0 unspecified atom stereocenters. The van der Waals surface area contributed by atoms with Gasteiger partial charge in [-0.15, -0.1) is 11.6 Å². The summed E-state index contributed by atoms with van der Waals surface area (Å²) in [4.78, 5) is 10.2. The molecule has 0 radical (unpaired) electrons. The lowest BCUT2D eigenvalue weighted by molar-refractivity contribution is -0.137. The molecule has 0 amide bonds. The summed E-state index contributed by atoms with van der Waals surface area (Å²) >= 11 is 6.09. The number of unbranched alkanes of at least 4 members (excludes halogenated alkanes) is 1. The van der Waals surface area contributed by atoms with E-state index in [0.29, 0.717) is 12.5 Å². The minimum Gasteiger partial charge on any atom is -0.481 e. The smallest absolute Gasteiger partial charge is 0.303 e. The molecule has 0 spiro atoms. The molecule has 1 fully saturated rings. The van der Waals surface area contributed by atoms with Gasteiger partial charge in [0.05, 0.1) is 5.38 Å². The van der Waals surface area contributed by atoms with Crippen molar-refractivity contribution in [3.05, 3.63) is 12.2 Å². The fourth-order valence-electron chi connectivity index (χ4n) is 1.70. The number of carboxylic acids is 1. The second kappa shape index (κ2) is 6.85. The number of halogens is 1. The van der Waals surface area contributed by atoms with Crippen molar-refractivity contribution >= 4 is 17.6 Å². The molecule has 0 aliphatic carbocycles. The van der Waals surface area contributed by atoms with Crippen LogP contribution in [-0.2, 0) is 4.79 Å². The molecule has 0 aromatic heterocycles. The van der Waals surface area contributed by atoms with E-state index >= 15 is 0 Å². The summed E-state index contributed by atoms with van der Waals surface area (Å²) in [6.07, 6.45) is 7.94. The third-order valence-corrected chi connectivity index (χ3v) is 3.10. The molecule has 1 aliphatic heterocycles. The van der Waals surface area contributed by atoms with Gasteiger partial charge in [-0.1, -0.05) is 12.2 Å². The molecular formula is C11H18ClNO2. The van der Waals surface area contributed by atoms with E-state index in [0.717, 1.165) is 25.8 Å². The van der Waals surface area contributed by atoms with Crippen LogP contribution < -0.4 is 5.32 Å². The minimum atomic E-state index is -0.721. The largest absolute Gasteiger partial charge is 0.481 e. The van der Waals surface area contributed by atoms with Crippen LogP contribution in [0.1, 0.15) is 32.1 Å². The molecule has 1 heterocycles. The number of allylic oxidation sites excluding steroid dienone is 1. The zero-order valence-corrected chi connectivity index (χ0v) is 9.54. The van der Waals surface area contributed by atoms with Crippen molar-refractivity contribution in [1.82, 2.24) is 5.32 Å². The number of rotatable bonds is 6. The molecule has 0 bridgehead atoms. The molecule has 2 N–H and O–H groups in total. The standard InChI is InChI=1S/C11H18ClNO2/c12-9-7-8-13-10(9)5-3-1-2-4-6-11(14)15/h1,3,9-10,13H,2,4-8H2,(H,14,15)/b3-1-/t9-,10+/m1/s1. The first-order chi connectivity index (χ1) is 7.20. The summed E-state index contributed by atoms with van der Waals surface area (Å²) in [5, 5.41) is 12.0. The van der Waals surface area contributed by atoms with E-state index in [4.69, 9.17) is 16.7 Å². The van der Waals surface area contributed by atoms with Gasteiger partial charge in [0.15, 0.2) is 0 Å². The molecule has 0 aromatic rings. The van der Waals surface area contributed by atoms with Gasteiger partial charge in [-0.25, -0.2) is 0 Å². The number of carboxylic acid groups (broad SMARTS) is 1. The molecule has 86 valence electrons. The predicted octanol–water partition coefficient (Wildman–Crippen LogP) is 2.16. The molecule has 2 atom stereocenters. The van der Waals surface area contributed by atoms with Gasteiger partial charge in [-0.3, -0.25) is 4.79 Å². The first kappa shape index (κ1) is 12.5. The van der Waals surface area contributed by atoms with E-state index in [1.165, 1.54) is 0 Å². The summed E-state index contributed by atoms with van der Waals surface area (Å²) in [6, 6.07) is 0.391. The quantitative estimate of drug-likeness (QED) is 0.419. The summed E-state index contributed by atoms with van der Waals surface area (Å²) in [7, 11) is 0. The van der Waals surface area contributed by atoms with Gasteiger partial charge < -0.3 is 10.4 Å². The van der Waals surface area contributed by atoms with E-state index in [-0.39, 0.29) is 11.8 Å². The second-order valence-corrected chi connectivity index (χ2v) is 4.42. The van der Waals surface area contributed by atoms with Crippen LogP contribution in [0.2, 0.25) is 0 Å². The predicted molar refractivity (Wildman–Crippen MR) is 61.3 cm³/mol. The lowest BCUT2D eigenvalue weighted by atomic mass is 10.1. The van der Waals surface area contributed by atoms with E-state index in [1.54, 1.807) is 0 Å². The highest BCUT2D eigenvalue weighted by molar-refractivity contribution is 6.21. The highest BCUT2D eigenvalue weighted by atomic mass is 35.5. The third-order valence-electron chi connectivity index (χ3n) is 2.58. The van der Waals surface area contributed by atoms with Crippen molar-refractivity contribution in [3.8, 4) is 0 Å².